The summed E-state index contributed by atoms with van der Waals surface area (Å²) in [4.78, 5) is 26.3. The van der Waals surface area contributed by atoms with E-state index in [1.54, 1.807) is 5.38 Å². The van der Waals surface area contributed by atoms with E-state index in [9.17, 15) is 26.4 Å². The van der Waals surface area contributed by atoms with Crippen molar-refractivity contribution in [1.82, 2.24) is 4.98 Å². The van der Waals surface area contributed by atoms with Gasteiger partial charge in [-0.1, -0.05) is 0 Å². The summed E-state index contributed by atoms with van der Waals surface area (Å²) < 4.78 is 57.4. The van der Waals surface area contributed by atoms with E-state index in [1.807, 2.05) is 0 Å². The zero-order chi connectivity index (χ0) is 20.2. The molecule has 2 aromatic rings. The molecule has 14 heteroatoms. The molecule has 0 saturated carbocycles. The summed E-state index contributed by atoms with van der Waals surface area (Å²) in [6.07, 6.45) is 0.415. The normalized spacial score (nSPS) is 12.9. The van der Waals surface area contributed by atoms with Crippen LogP contribution in [0.25, 0.3) is 0 Å². The summed E-state index contributed by atoms with van der Waals surface area (Å²) >= 11 is 1.09. The smallest absolute Gasteiger partial charge is 0.324 e. The Morgan fingerprint density at radius 2 is 1.78 bits per heavy atom. The van der Waals surface area contributed by atoms with Gasteiger partial charge in [0.25, 0.3) is 20.1 Å². The van der Waals surface area contributed by atoms with Gasteiger partial charge in [-0.05, 0) is 24.3 Å². The van der Waals surface area contributed by atoms with Crippen LogP contribution in [0.15, 0.2) is 40.7 Å². The lowest BCUT2D eigenvalue weighted by molar-refractivity contribution is -0.138. The van der Waals surface area contributed by atoms with Crippen LogP contribution in [0.3, 0.4) is 0 Å². The first-order valence-corrected chi connectivity index (χ1v) is 10.9. The monoisotopic (exact) mass is 435 g/mol. The summed E-state index contributed by atoms with van der Waals surface area (Å²) in [6.45, 7) is 0. The SMILES string of the molecule is O=C(C[C@H](C(=O)O)S(=O)(=O)O)Nc1ccc(S(=O)(=O)Nc2nccs2)cc1. The maximum Gasteiger partial charge on any atom is 0.324 e. The van der Waals surface area contributed by atoms with Gasteiger partial charge in [-0.25, -0.2) is 13.4 Å². The number of hydrogen-bond acceptors (Lipinski definition) is 8. The molecule has 0 unspecified atom stereocenters. The van der Waals surface area contributed by atoms with Crippen molar-refractivity contribution < 1.29 is 36.1 Å². The lowest BCUT2D eigenvalue weighted by Crippen LogP contribution is -2.33. The second-order valence-electron chi connectivity index (χ2n) is 5.06. The number of aromatic nitrogens is 1. The molecule has 0 aliphatic rings. The molecular weight excluding hydrogens is 422 g/mol. The van der Waals surface area contributed by atoms with Gasteiger partial charge in [0.05, 0.1) is 11.3 Å². The number of hydrogen-bond donors (Lipinski definition) is 4. The van der Waals surface area contributed by atoms with Crippen molar-refractivity contribution >= 4 is 54.2 Å². The fourth-order valence-corrected chi connectivity index (χ4v) is 4.27. The highest BCUT2D eigenvalue weighted by Crippen LogP contribution is 2.20. The number of nitrogens with one attached hydrogen (secondary N) is 2. The maximum atomic E-state index is 12.2. The number of aliphatic carboxylic acids is 1. The topological polar surface area (TPSA) is 180 Å². The molecule has 11 nitrogen and oxygen atoms in total. The lowest BCUT2D eigenvalue weighted by Gasteiger charge is -2.10. The van der Waals surface area contributed by atoms with Crippen molar-refractivity contribution in [2.75, 3.05) is 10.0 Å². The highest BCUT2D eigenvalue weighted by atomic mass is 32.2. The number of sulfonamides is 1. The number of carbonyl (C=O) groups is 2. The Morgan fingerprint density at radius 3 is 2.26 bits per heavy atom. The van der Waals surface area contributed by atoms with Gasteiger partial charge >= 0.3 is 5.97 Å². The first kappa shape index (κ1) is 20.8. The minimum absolute atomic E-state index is 0.104. The molecule has 0 spiro atoms. The number of benzene rings is 1. The summed E-state index contributed by atoms with van der Waals surface area (Å²) in [5.74, 6) is -2.86. The molecule has 27 heavy (non-hydrogen) atoms. The molecule has 1 heterocycles. The molecule has 0 bridgehead atoms. The van der Waals surface area contributed by atoms with Gasteiger partial charge in [-0.3, -0.25) is 18.9 Å². The van der Waals surface area contributed by atoms with Crippen LogP contribution in [0.4, 0.5) is 10.8 Å². The standard InChI is InChI=1S/C13H13N3O8S3/c17-11(7-10(12(18)19)27(22,23)24)15-8-1-3-9(4-2-8)26(20,21)16-13-14-5-6-25-13/h1-6,10H,7H2,(H,14,16)(H,15,17)(H,18,19)(H,22,23,24)/t10-/m1/s1. The Kier molecular flexibility index (Phi) is 6.15. The quantitative estimate of drug-likeness (QED) is 0.432. The molecule has 1 aromatic heterocycles. The van der Waals surface area contributed by atoms with E-state index in [-0.39, 0.29) is 15.7 Å². The Labute approximate surface area is 157 Å². The lowest BCUT2D eigenvalue weighted by atomic mass is 10.2. The van der Waals surface area contributed by atoms with Gasteiger partial charge in [0.1, 0.15) is 0 Å². The van der Waals surface area contributed by atoms with E-state index in [0.29, 0.717) is 0 Å². The number of carboxylic acids is 1. The van der Waals surface area contributed by atoms with Gasteiger partial charge in [0.2, 0.25) is 5.91 Å². The summed E-state index contributed by atoms with van der Waals surface area (Å²) in [7, 11) is -8.84. The highest BCUT2D eigenvalue weighted by Gasteiger charge is 2.33. The van der Waals surface area contributed by atoms with Crippen molar-refractivity contribution in [2.24, 2.45) is 0 Å². The fourth-order valence-electron chi connectivity index (χ4n) is 1.87. The van der Waals surface area contributed by atoms with E-state index in [1.165, 1.54) is 30.5 Å². The first-order chi connectivity index (χ1) is 12.5. The van der Waals surface area contributed by atoms with Crippen molar-refractivity contribution in [2.45, 2.75) is 16.6 Å². The number of rotatable bonds is 8. The maximum absolute atomic E-state index is 12.2. The van der Waals surface area contributed by atoms with Crippen LogP contribution in [-0.2, 0) is 29.7 Å². The third-order valence-corrected chi connectivity index (χ3v) is 6.37. The number of thiazole rings is 1. The van der Waals surface area contributed by atoms with Gasteiger partial charge in [-0.2, -0.15) is 8.42 Å². The van der Waals surface area contributed by atoms with Gasteiger partial charge < -0.3 is 10.4 Å². The molecule has 146 valence electrons. The van der Waals surface area contributed by atoms with Crippen LogP contribution in [0.5, 0.6) is 0 Å². The molecule has 0 aliphatic carbocycles. The van der Waals surface area contributed by atoms with E-state index in [2.05, 4.69) is 15.0 Å². The van der Waals surface area contributed by atoms with Crippen molar-refractivity contribution in [1.29, 1.82) is 0 Å². The van der Waals surface area contributed by atoms with Gasteiger partial charge in [0.15, 0.2) is 10.4 Å². The highest BCUT2D eigenvalue weighted by molar-refractivity contribution is 7.93. The largest absolute Gasteiger partial charge is 0.480 e. The Hall–Kier alpha value is -2.55. The average molecular weight is 435 g/mol. The molecule has 0 radical (unpaired) electrons. The Balaban J connectivity index is 2.07. The molecule has 0 fully saturated rings. The van der Waals surface area contributed by atoms with Gasteiger partial charge in [-0.15, -0.1) is 11.3 Å². The van der Waals surface area contributed by atoms with E-state index >= 15 is 0 Å². The van der Waals surface area contributed by atoms with Crippen LogP contribution in [0.1, 0.15) is 6.42 Å². The van der Waals surface area contributed by atoms with E-state index < -0.39 is 43.7 Å². The predicted octanol–water partition coefficient (Wildman–Crippen LogP) is 0.614. The van der Waals surface area contributed by atoms with Crippen molar-refractivity contribution in [3.05, 3.63) is 35.8 Å². The summed E-state index contributed by atoms with van der Waals surface area (Å²) in [6, 6.07) is 4.83. The van der Waals surface area contributed by atoms with Gasteiger partial charge in [0, 0.05) is 17.3 Å². The molecule has 4 N–H and O–H groups in total. The Morgan fingerprint density at radius 1 is 1.15 bits per heavy atom. The zero-order valence-electron chi connectivity index (χ0n) is 13.3. The number of carboxylic acid groups (broad SMARTS) is 1. The van der Waals surface area contributed by atoms with Crippen LogP contribution in [0, 0.1) is 0 Å². The Bertz CT molecular complexity index is 1030. The summed E-state index contributed by atoms with van der Waals surface area (Å²) in [5, 5.41) is 10.4. The number of anilines is 2. The fraction of sp³-hybridized carbons (Fsp3) is 0.154. The number of amides is 1. The second-order valence-corrected chi connectivity index (χ2v) is 9.24. The van der Waals surface area contributed by atoms with Crippen LogP contribution < -0.4 is 10.0 Å². The van der Waals surface area contributed by atoms with Crippen molar-refractivity contribution in [3.63, 3.8) is 0 Å². The minimum Gasteiger partial charge on any atom is -0.480 e. The molecule has 2 rings (SSSR count). The molecule has 0 saturated heterocycles. The summed E-state index contributed by atoms with van der Waals surface area (Å²) in [5.41, 5.74) is 0.104. The molecule has 0 aliphatic heterocycles. The van der Waals surface area contributed by atoms with E-state index in [0.717, 1.165) is 11.3 Å². The van der Waals surface area contributed by atoms with Crippen LogP contribution in [-0.4, -0.2) is 48.6 Å². The molecule has 1 atom stereocenters. The average Bonchev–Trinajstić information content (AvgIpc) is 3.04. The second kappa shape index (κ2) is 7.99. The molecule has 1 aromatic carbocycles. The van der Waals surface area contributed by atoms with Crippen LogP contribution >= 0.6 is 11.3 Å². The number of carbonyl (C=O) groups excluding carboxylic acids is 1. The minimum atomic E-state index is -4.96. The molecule has 1 amide bonds. The first-order valence-electron chi connectivity index (χ1n) is 7.00. The zero-order valence-corrected chi connectivity index (χ0v) is 15.7. The molecular formula is C13H13N3O8S3. The third kappa shape index (κ3) is 5.72. The predicted molar refractivity (Wildman–Crippen MR) is 95.6 cm³/mol. The number of nitrogens with zero attached hydrogens (tertiary/aromatic N) is 1. The van der Waals surface area contributed by atoms with Crippen LogP contribution in [0.2, 0.25) is 0 Å². The van der Waals surface area contributed by atoms with E-state index in [4.69, 9.17) is 9.66 Å². The third-order valence-electron chi connectivity index (χ3n) is 3.11. The van der Waals surface area contributed by atoms with Crippen molar-refractivity contribution in [3.8, 4) is 0 Å².